The molecule has 2 aromatic carbocycles. The smallest absolute Gasteiger partial charge is 0.274 e. The Morgan fingerprint density at radius 1 is 1.07 bits per heavy atom. The summed E-state index contributed by atoms with van der Waals surface area (Å²) in [4.78, 5) is 18.2. The highest BCUT2D eigenvalue weighted by Gasteiger charge is 2.13. The van der Waals surface area contributed by atoms with Gasteiger partial charge in [-0.1, -0.05) is 23.5 Å². The number of benzene rings is 2. The average Bonchev–Trinajstić information content (AvgIpc) is 3.28. The van der Waals surface area contributed by atoms with Crippen molar-refractivity contribution in [2.75, 3.05) is 0 Å². The predicted molar refractivity (Wildman–Crippen MR) is 111 cm³/mol. The number of rotatable bonds is 2. The van der Waals surface area contributed by atoms with Crippen LogP contribution in [0.1, 0.15) is 17.0 Å². The van der Waals surface area contributed by atoms with E-state index < -0.39 is 0 Å². The van der Waals surface area contributed by atoms with Crippen LogP contribution in [-0.2, 0) is 0 Å². The molecule has 0 fully saturated rings. The largest absolute Gasteiger partial charge is 0.318 e. The van der Waals surface area contributed by atoms with Crippen LogP contribution in [0.2, 0.25) is 0 Å². The van der Waals surface area contributed by atoms with Crippen molar-refractivity contribution < 1.29 is 4.39 Å². The molecule has 6 heteroatoms. The molecular weight excluding hydrogens is 373 g/mol. The molecule has 3 heterocycles. The summed E-state index contributed by atoms with van der Waals surface area (Å²) in [6, 6.07) is 16.1. The highest BCUT2D eigenvalue weighted by molar-refractivity contribution is 7.15. The number of para-hydroxylation sites is 2. The average molecular weight is 389 g/mol. The van der Waals surface area contributed by atoms with E-state index in [9.17, 15) is 9.18 Å². The zero-order valence-corrected chi connectivity index (χ0v) is 16.1. The van der Waals surface area contributed by atoms with Gasteiger partial charge < -0.3 is 4.57 Å². The van der Waals surface area contributed by atoms with Crippen molar-refractivity contribution in [3.05, 3.63) is 92.3 Å². The second-order valence-electron chi connectivity index (χ2n) is 6.77. The summed E-state index contributed by atoms with van der Waals surface area (Å²) in [7, 11) is 0. The zero-order chi connectivity index (χ0) is 19.4. The summed E-state index contributed by atoms with van der Waals surface area (Å²) in [5.41, 5.74) is 5.48. The van der Waals surface area contributed by atoms with Gasteiger partial charge in [0, 0.05) is 17.1 Å². The molecule has 0 spiro atoms. The van der Waals surface area contributed by atoms with E-state index in [1.54, 1.807) is 16.5 Å². The maximum Gasteiger partial charge on any atom is 0.274 e. The molecule has 5 aromatic rings. The molecule has 0 bridgehead atoms. The number of hydrogen-bond acceptors (Lipinski definition) is 3. The third-order valence-corrected chi connectivity index (χ3v) is 5.96. The summed E-state index contributed by atoms with van der Waals surface area (Å²) in [6.45, 7) is 4.00. The van der Waals surface area contributed by atoms with Crippen LogP contribution in [0, 0.1) is 19.7 Å². The Balaban J connectivity index is 1.70. The second kappa shape index (κ2) is 6.14. The number of halogens is 1. The first-order valence-electron chi connectivity index (χ1n) is 8.89. The van der Waals surface area contributed by atoms with Gasteiger partial charge in [0.15, 0.2) is 4.96 Å². The Bertz CT molecular complexity index is 1460. The molecule has 0 saturated carbocycles. The van der Waals surface area contributed by atoms with Crippen molar-refractivity contribution in [1.82, 2.24) is 14.0 Å². The third-order valence-electron chi connectivity index (χ3n) is 4.99. The van der Waals surface area contributed by atoms with Crippen molar-refractivity contribution in [2.45, 2.75) is 13.8 Å². The van der Waals surface area contributed by atoms with Crippen molar-refractivity contribution >= 4 is 33.4 Å². The molecule has 5 rings (SSSR count). The molecular formula is C22H16FN3OS. The summed E-state index contributed by atoms with van der Waals surface area (Å²) < 4.78 is 17.6. The quantitative estimate of drug-likeness (QED) is 0.458. The lowest BCUT2D eigenvalue weighted by atomic mass is 10.2. The molecule has 0 atom stereocenters. The maximum absolute atomic E-state index is 13.3. The number of nitrogens with zero attached hydrogens (tertiary/aromatic N) is 3. The van der Waals surface area contributed by atoms with Gasteiger partial charge in [-0.3, -0.25) is 4.79 Å². The van der Waals surface area contributed by atoms with Crippen molar-refractivity contribution in [1.29, 1.82) is 0 Å². The number of hydrogen-bond donors (Lipinski definition) is 0. The Hall–Kier alpha value is -3.25. The van der Waals surface area contributed by atoms with Gasteiger partial charge >= 0.3 is 0 Å². The number of fused-ring (bicyclic) bond motifs is 3. The first-order valence-corrected chi connectivity index (χ1v) is 9.71. The fourth-order valence-electron chi connectivity index (χ4n) is 3.67. The molecule has 0 aliphatic carbocycles. The van der Waals surface area contributed by atoms with Crippen LogP contribution in [0.4, 0.5) is 4.39 Å². The van der Waals surface area contributed by atoms with Crippen LogP contribution in [0.15, 0.2) is 59.4 Å². The topological polar surface area (TPSA) is 39.3 Å². The lowest BCUT2D eigenvalue weighted by Crippen LogP contribution is -2.22. The van der Waals surface area contributed by atoms with Gasteiger partial charge in [0.1, 0.15) is 5.82 Å². The van der Waals surface area contributed by atoms with Crippen molar-refractivity contribution in [2.24, 2.45) is 0 Å². The second-order valence-corrected chi connectivity index (χ2v) is 7.78. The molecule has 3 aromatic heterocycles. The zero-order valence-electron chi connectivity index (χ0n) is 15.3. The molecule has 28 heavy (non-hydrogen) atoms. The summed E-state index contributed by atoms with van der Waals surface area (Å²) in [5, 5.41) is 0. The predicted octanol–water partition coefficient (Wildman–Crippen LogP) is 4.00. The van der Waals surface area contributed by atoms with Gasteiger partial charge in [0.25, 0.3) is 5.56 Å². The SMILES string of the molecule is Cc1cc(C=c2sc3nc4ccccc4n3c2=O)c(C)n1-c1ccc(F)cc1. The fourth-order valence-corrected chi connectivity index (χ4v) is 4.65. The molecule has 0 aliphatic rings. The summed E-state index contributed by atoms with van der Waals surface area (Å²) >= 11 is 1.39. The molecule has 0 N–H and O–H groups in total. The van der Waals surface area contributed by atoms with Gasteiger partial charge in [-0.05, 0) is 68.0 Å². The lowest BCUT2D eigenvalue weighted by molar-refractivity contribution is 0.627. The Morgan fingerprint density at radius 3 is 2.61 bits per heavy atom. The highest BCUT2D eigenvalue weighted by atomic mass is 32.1. The lowest BCUT2D eigenvalue weighted by Gasteiger charge is -2.09. The molecule has 0 unspecified atom stereocenters. The monoisotopic (exact) mass is 389 g/mol. The highest BCUT2D eigenvalue weighted by Crippen LogP contribution is 2.22. The third kappa shape index (κ3) is 2.49. The molecule has 0 saturated heterocycles. The van der Waals surface area contributed by atoms with E-state index in [0.717, 1.165) is 33.7 Å². The first kappa shape index (κ1) is 16.9. The van der Waals surface area contributed by atoms with Crippen LogP contribution in [-0.4, -0.2) is 14.0 Å². The van der Waals surface area contributed by atoms with E-state index in [0.29, 0.717) is 9.49 Å². The minimum atomic E-state index is -0.261. The minimum absolute atomic E-state index is 0.0553. The molecule has 0 aliphatic heterocycles. The van der Waals surface area contributed by atoms with E-state index in [1.165, 1.54) is 23.5 Å². The molecule has 138 valence electrons. The fraction of sp³-hybridized carbons (Fsp3) is 0.0909. The first-order chi connectivity index (χ1) is 13.5. The van der Waals surface area contributed by atoms with E-state index >= 15 is 0 Å². The molecule has 0 amide bonds. The van der Waals surface area contributed by atoms with Crippen LogP contribution < -0.4 is 10.1 Å². The minimum Gasteiger partial charge on any atom is -0.318 e. The van der Waals surface area contributed by atoms with Crippen LogP contribution >= 0.6 is 11.3 Å². The van der Waals surface area contributed by atoms with Gasteiger partial charge in [0.05, 0.1) is 15.6 Å². The normalized spacial score (nSPS) is 12.5. The van der Waals surface area contributed by atoms with Gasteiger partial charge in [-0.2, -0.15) is 0 Å². The number of imidazole rings is 1. The van der Waals surface area contributed by atoms with E-state index in [4.69, 9.17) is 0 Å². The van der Waals surface area contributed by atoms with Crippen LogP contribution in [0.3, 0.4) is 0 Å². The van der Waals surface area contributed by atoms with E-state index in [-0.39, 0.29) is 11.4 Å². The Kier molecular flexibility index (Phi) is 3.70. The Labute approximate surface area is 163 Å². The van der Waals surface area contributed by atoms with E-state index in [1.807, 2.05) is 50.3 Å². The van der Waals surface area contributed by atoms with Crippen LogP contribution in [0.25, 0.3) is 27.8 Å². The number of thiazole rings is 1. The van der Waals surface area contributed by atoms with Gasteiger partial charge in [-0.25, -0.2) is 13.8 Å². The summed E-state index contributed by atoms with van der Waals surface area (Å²) in [5.74, 6) is -0.261. The van der Waals surface area contributed by atoms with Gasteiger partial charge in [-0.15, -0.1) is 0 Å². The standard InChI is InChI=1S/C22H16FN3OS/c1-13-11-15(14(2)25(13)17-9-7-16(23)8-10-17)12-20-21(27)26-19-6-4-3-5-18(19)24-22(26)28-20/h3-12H,1-2H3. The maximum atomic E-state index is 13.3. The molecule has 4 nitrogen and oxygen atoms in total. The number of aryl methyl sites for hydroxylation is 1. The van der Waals surface area contributed by atoms with Crippen LogP contribution in [0.5, 0.6) is 0 Å². The van der Waals surface area contributed by atoms with Crippen molar-refractivity contribution in [3.8, 4) is 5.69 Å². The number of aromatic nitrogens is 3. The molecule has 0 radical (unpaired) electrons. The Morgan fingerprint density at radius 2 is 1.82 bits per heavy atom. The van der Waals surface area contributed by atoms with Gasteiger partial charge in [0.2, 0.25) is 0 Å². The van der Waals surface area contributed by atoms with E-state index in [2.05, 4.69) is 9.55 Å². The van der Waals surface area contributed by atoms with Crippen molar-refractivity contribution in [3.63, 3.8) is 0 Å². The summed E-state index contributed by atoms with van der Waals surface area (Å²) in [6.07, 6.45) is 1.92.